The monoisotopic (exact) mass is 305 g/mol. The summed E-state index contributed by atoms with van der Waals surface area (Å²) in [6.45, 7) is 2.96. The topological polar surface area (TPSA) is 56.8 Å². The number of carbonyl (C=O) groups is 1. The highest BCUT2D eigenvalue weighted by Crippen LogP contribution is 2.38. The summed E-state index contributed by atoms with van der Waals surface area (Å²) in [7, 11) is 4.16. The van der Waals surface area contributed by atoms with Crippen molar-refractivity contribution in [1.82, 2.24) is 0 Å². The summed E-state index contributed by atoms with van der Waals surface area (Å²) in [4.78, 5) is 14.7. The van der Waals surface area contributed by atoms with Gasteiger partial charge in [0.15, 0.2) is 0 Å². The van der Waals surface area contributed by atoms with Gasteiger partial charge < -0.3 is 15.4 Å². The Labute approximate surface area is 129 Å². The molecule has 0 bridgehead atoms. The van der Waals surface area contributed by atoms with Crippen molar-refractivity contribution in [2.45, 2.75) is 13.5 Å². The first-order chi connectivity index (χ1) is 10.0. The standard InChI is InChI=1S/C16H20N2O2S/c1-4-20-16(19)14-13(11-8-6-5-7-9-11)12(10-18(2)3)21-15(14)17/h5-9H,4,10,17H2,1-3H3/p+1. The highest BCUT2D eigenvalue weighted by Gasteiger charge is 2.25. The van der Waals surface area contributed by atoms with Gasteiger partial charge in [0.25, 0.3) is 0 Å². The molecule has 3 N–H and O–H groups in total. The maximum atomic E-state index is 12.3. The Kier molecular flexibility index (Phi) is 4.98. The predicted octanol–water partition coefficient (Wildman–Crippen LogP) is 1.82. The Morgan fingerprint density at radius 1 is 1.29 bits per heavy atom. The lowest BCUT2D eigenvalue weighted by Gasteiger charge is -2.10. The van der Waals surface area contributed by atoms with E-state index in [4.69, 9.17) is 10.5 Å². The molecule has 2 rings (SSSR count). The maximum absolute atomic E-state index is 12.3. The number of benzene rings is 1. The zero-order valence-electron chi connectivity index (χ0n) is 12.6. The van der Waals surface area contributed by atoms with Crippen LogP contribution in [-0.4, -0.2) is 26.7 Å². The van der Waals surface area contributed by atoms with E-state index in [0.717, 1.165) is 22.5 Å². The minimum absolute atomic E-state index is 0.342. The van der Waals surface area contributed by atoms with Crippen LogP contribution in [0, 0.1) is 0 Å². The molecule has 4 nitrogen and oxygen atoms in total. The summed E-state index contributed by atoms with van der Waals surface area (Å²) in [5.74, 6) is -0.342. The number of hydrogen-bond acceptors (Lipinski definition) is 4. The minimum atomic E-state index is -0.342. The summed E-state index contributed by atoms with van der Waals surface area (Å²) < 4.78 is 5.17. The number of nitrogen functional groups attached to an aromatic ring is 1. The molecule has 0 fully saturated rings. The molecule has 0 unspecified atom stereocenters. The van der Waals surface area contributed by atoms with Gasteiger partial charge in [-0.3, -0.25) is 0 Å². The van der Waals surface area contributed by atoms with Gasteiger partial charge in [-0.15, -0.1) is 11.3 Å². The van der Waals surface area contributed by atoms with Crippen molar-refractivity contribution in [3.05, 3.63) is 40.8 Å². The molecule has 0 saturated carbocycles. The van der Waals surface area contributed by atoms with Gasteiger partial charge in [-0.25, -0.2) is 4.79 Å². The molecule has 0 aliphatic heterocycles. The average Bonchev–Trinajstić information content (AvgIpc) is 2.75. The first-order valence-corrected chi connectivity index (χ1v) is 7.79. The van der Waals surface area contributed by atoms with Gasteiger partial charge in [-0.2, -0.15) is 0 Å². The van der Waals surface area contributed by atoms with Crippen LogP contribution in [0.1, 0.15) is 22.2 Å². The van der Waals surface area contributed by atoms with Gasteiger partial charge in [0, 0.05) is 5.56 Å². The SMILES string of the molecule is CCOC(=O)c1c(N)sc(C[NH+](C)C)c1-c1ccccc1. The van der Waals surface area contributed by atoms with Gasteiger partial charge >= 0.3 is 5.97 Å². The Bertz CT molecular complexity index is 621. The van der Waals surface area contributed by atoms with Crippen LogP contribution >= 0.6 is 11.3 Å². The lowest BCUT2D eigenvalue weighted by Crippen LogP contribution is -3.04. The molecule has 0 atom stereocenters. The van der Waals surface area contributed by atoms with Crippen LogP contribution in [0.25, 0.3) is 11.1 Å². The zero-order valence-corrected chi connectivity index (χ0v) is 13.4. The second-order valence-electron chi connectivity index (χ2n) is 5.11. The molecule has 0 amide bonds. The molecule has 0 spiro atoms. The van der Waals surface area contributed by atoms with E-state index < -0.39 is 0 Å². The van der Waals surface area contributed by atoms with E-state index in [1.807, 2.05) is 30.3 Å². The van der Waals surface area contributed by atoms with Crippen molar-refractivity contribution in [1.29, 1.82) is 0 Å². The normalized spacial score (nSPS) is 10.9. The van der Waals surface area contributed by atoms with E-state index in [9.17, 15) is 4.79 Å². The molecular weight excluding hydrogens is 284 g/mol. The van der Waals surface area contributed by atoms with Gasteiger partial charge in [0.05, 0.1) is 25.6 Å². The third-order valence-corrected chi connectivity index (χ3v) is 4.08. The Morgan fingerprint density at radius 3 is 2.52 bits per heavy atom. The summed E-state index contributed by atoms with van der Waals surface area (Å²) in [6.07, 6.45) is 0. The number of nitrogens with two attached hydrogens (primary N) is 1. The van der Waals surface area contributed by atoms with E-state index in [-0.39, 0.29) is 5.97 Å². The van der Waals surface area contributed by atoms with Gasteiger partial charge in [0.2, 0.25) is 0 Å². The van der Waals surface area contributed by atoms with Crippen LogP contribution in [0.3, 0.4) is 0 Å². The molecule has 1 aromatic carbocycles. The van der Waals surface area contributed by atoms with Crippen LogP contribution < -0.4 is 10.6 Å². The fraction of sp³-hybridized carbons (Fsp3) is 0.312. The fourth-order valence-electron chi connectivity index (χ4n) is 2.26. The number of nitrogens with one attached hydrogen (secondary N) is 1. The van der Waals surface area contributed by atoms with E-state index in [0.29, 0.717) is 17.2 Å². The summed E-state index contributed by atoms with van der Waals surface area (Å²) >= 11 is 1.47. The fourth-order valence-corrected chi connectivity index (χ4v) is 3.49. The first-order valence-electron chi connectivity index (χ1n) is 6.97. The maximum Gasteiger partial charge on any atom is 0.341 e. The summed E-state index contributed by atoms with van der Waals surface area (Å²) in [5.41, 5.74) is 8.52. The molecule has 2 aromatic rings. The number of quaternary nitrogens is 1. The van der Waals surface area contributed by atoms with Gasteiger partial charge in [0.1, 0.15) is 17.1 Å². The molecule has 0 aliphatic rings. The first kappa shape index (κ1) is 15.5. The van der Waals surface area contributed by atoms with Crippen molar-refractivity contribution in [2.24, 2.45) is 0 Å². The summed E-state index contributed by atoms with van der Waals surface area (Å²) in [6, 6.07) is 9.88. The number of hydrogen-bond donors (Lipinski definition) is 2. The van der Waals surface area contributed by atoms with Crippen molar-refractivity contribution < 1.29 is 14.4 Å². The van der Waals surface area contributed by atoms with E-state index in [2.05, 4.69) is 14.1 Å². The number of anilines is 1. The quantitative estimate of drug-likeness (QED) is 0.829. The molecule has 0 aliphatic carbocycles. The van der Waals surface area contributed by atoms with Gasteiger partial charge in [-0.1, -0.05) is 30.3 Å². The molecular formula is C16H21N2O2S+. The number of ether oxygens (including phenoxy) is 1. The number of thiophene rings is 1. The lowest BCUT2D eigenvalue weighted by molar-refractivity contribution is -0.872. The second-order valence-corrected chi connectivity index (χ2v) is 6.25. The average molecular weight is 305 g/mol. The van der Waals surface area contributed by atoms with Crippen molar-refractivity contribution >= 4 is 22.3 Å². The van der Waals surface area contributed by atoms with Crippen LogP contribution in [0.2, 0.25) is 0 Å². The van der Waals surface area contributed by atoms with Gasteiger partial charge in [-0.05, 0) is 12.5 Å². The van der Waals surface area contributed by atoms with Crippen molar-refractivity contribution in [3.63, 3.8) is 0 Å². The third kappa shape index (κ3) is 3.43. The highest BCUT2D eigenvalue weighted by atomic mass is 32.1. The third-order valence-electron chi connectivity index (χ3n) is 3.06. The lowest BCUT2D eigenvalue weighted by atomic mass is 10.0. The molecule has 1 aromatic heterocycles. The molecule has 0 saturated heterocycles. The Hall–Kier alpha value is -1.85. The van der Waals surface area contributed by atoms with E-state index in [1.165, 1.54) is 16.2 Å². The Balaban J connectivity index is 2.59. The van der Waals surface area contributed by atoms with E-state index in [1.54, 1.807) is 6.92 Å². The molecule has 5 heteroatoms. The van der Waals surface area contributed by atoms with E-state index >= 15 is 0 Å². The van der Waals surface area contributed by atoms with Crippen LogP contribution in [-0.2, 0) is 11.3 Å². The zero-order chi connectivity index (χ0) is 15.4. The second kappa shape index (κ2) is 6.74. The highest BCUT2D eigenvalue weighted by molar-refractivity contribution is 7.16. The smallest absolute Gasteiger partial charge is 0.341 e. The number of carbonyl (C=O) groups excluding carboxylic acids is 1. The molecule has 21 heavy (non-hydrogen) atoms. The Morgan fingerprint density at radius 2 is 1.95 bits per heavy atom. The number of esters is 1. The van der Waals surface area contributed by atoms with Crippen molar-refractivity contribution in [2.75, 3.05) is 26.4 Å². The molecule has 112 valence electrons. The largest absolute Gasteiger partial charge is 0.462 e. The summed E-state index contributed by atoms with van der Waals surface area (Å²) in [5, 5.41) is 0.531. The van der Waals surface area contributed by atoms with Crippen LogP contribution in [0.5, 0.6) is 0 Å². The van der Waals surface area contributed by atoms with Crippen molar-refractivity contribution in [3.8, 4) is 11.1 Å². The molecule has 1 heterocycles. The minimum Gasteiger partial charge on any atom is -0.462 e. The number of rotatable bonds is 5. The predicted molar refractivity (Wildman–Crippen MR) is 86.6 cm³/mol. The van der Waals surface area contributed by atoms with Crippen LogP contribution in [0.15, 0.2) is 30.3 Å². The van der Waals surface area contributed by atoms with Crippen LogP contribution in [0.4, 0.5) is 5.00 Å². The molecule has 0 radical (unpaired) electrons.